The van der Waals surface area contributed by atoms with Gasteiger partial charge in [-0.2, -0.15) is 22.7 Å². The number of imide groups is 2. The highest BCUT2D eigenvalue weighted by molar-refractivity contribution is 6.33. The van der Waals surface area contributed by atoms with Crippen LogP contribution in [0.15, 0.2) is 47.3 Å². The van der Waals surface area contributed by atoms with E-state index in [9.17, 15) is 46.7 Å². The van der Waals surface area contributed by atoms with Crippen molar-refractivity contribution in [3.8, 4) is 0 Å². The molecule has 6 amide bonds. The van der Waals surface area contributed by atoms with Crippen molar-refractivity contribution in [1.29, 1.82) is 0 Å². The number of rotatable bonds is 11. The number of ether oxygens (including phenoxy) is 1. The molecule has 4 aliphatic heterocycles. The van der Waals surface area contributed by atoms with Crippen LogP contribution in [0.1, 0.15) is 77.3 Å². The summed E-state index contributed by atoms with van der Waals surface area (Å²) in [6.07, 6.45) is -1.67. The van der Waals surface area contributed by atoms with Crippen LogP contribution >= 0.6 is 11.6 Å². The fourth-order valence-electron chi connectivity index (χ4n) is 8.56. The summed E-state index contributed by atoms with van der Waals surface area (Å²) in [5.41, 5.74) is 0.372. The number of alkyl halides is 3. The van der Waals surface area contributed by atoms with Crippen molar-refractivity contribution < 1.29 is 46.7 Å². The Balaban J connectivity index is 1.01. The zero-order valence-electron chi connectivity index (χ0n) is 34.6. The van der Waals surface area contributed by atoms with Gasteiger partial charge >= 0.3 is 6.18 Å². The van der Waals surface area contributed by atoms with Crippen LogP contribution < -0.4 is 26.4 Å². The minimum Gasteiger partial charge on any atom is -0.377 e. The summed E-state index contributed by atoms with van der Waals surface area (Å²) in [6.45, 7) is 5.29. The number of hydrogen-bond acceptors (Lipinski definition) is 12. The smallest absolute Gasteiger partial charge is 0.377 e. The highest BCUT2D eigenvalue weighted by Crippen LogP contribution is 2.34. The Morgan fingerprint density at radius 3 is 2.38 bits per heavy atom. The van der Waals surface area contributed by atoms with Crippen LogP contribution in [-0.4, -0.2) is 116 Å². The van der Waals surface area contributed by atoms with E-state index < -0.39 is 65.5 Å². The van der Waals surface area contributed by atoms with Gasteiger partial charge in [0.15, 0.2) is 5.82 Å². The van der Waals surface area contributed by atoms with Gasteiger partial charge < -0.3 is 24.8 Å². The lowest BCUT2D eigenvalue weighted by molar-refractivity contribution is -0.138. The third-order valence-electron chi connectivity index (χ3n) is 11.8. The molecule has 2 fully saturated rings. The van der Waals surface area contributed by atoms with E-state index in [-0.39, 0.29) is 70.0 Å². The molecule has 22 heteroatoms. The quantitative estimate of drug-likeness (QED) is 0.185. The van der Waals surface area contributed by atoms with E-state index in [1.807, 2.05) is 29.7 Å². The molecule has 2 aromatic carbocycles. The molecule has 0 bridgehead atoms. The van der Waals surface area contributed by atoms with E-state index in [1.54, 1.807) is 4.57 Å². The maximum Gasteiger partial charge on any atom is 0.416 e. The summed E-state index contributed by atoms with van der Waals surface area (Å²) in [5.74, 6) is -3.23. The summed E-state index contributed by atoms with van der Waals surface area (Å²) in [7, 11) is 0. The van der Waals surface area contributed by atoms with Gasteiger partial charge in [0.25, 0.3) is 17.4 Å². The number of piperidine rings is 1. The lowest BCUT2D eigenvalue weighted by Gasteiger charge is -2.39. The highest BCUT2D eigenvalue weighted by Gasteiger charge is 2.45. The molecule has 6 heterocycles. The van der Waals surface area contributed by atoms with Crippen molar-refractivity contribution in [1.82, 2.24) is 34.3 Å². The number of carbonyl (C=O) groups excluding carboxylic acids is 6. The first-order chi connectivity index (χ1) is 30.6. The van der Waals surface area contributed by atoms with Crippen molar-refractivity contribution in [2.24, 2.45) is 0 Å². The third kappa shape index (κ3) is 8.37. The van der Waals surface area contributed by atoms with Gasteiger partial charge in [0.1, 0.15) is 18.3 Å². The fourth-order valence-corrected chi connectivity index (χ4v) is 8.79. The third-order valence-corrected chi connectivity index (χ3v) is 12.1. The molecule has 4 aromatic rings. The van der Waals surface area contributed by atoms with Gasteiger partial charge in [-0.1, -0.05) is 31.5 Å². The summed E-state index contributed by atoms with van der Waals surface area (Å²) < 4.78 is 48.1. The zero-order valence-corrected chi connectivity index (χ0v) is 35.3. The monoisotopic (exact) mass is 906 g/mol. The van der Waals surface area contributed by atoms with Crippen molar-refractivity contribution in [2.45, 2.75) is 70.8 Å². The molecule has 2 unspecified atom stereocenters. The van der Waals surface area contributed by atoms with E-state index in [2.05, 4.69) is 26.0 Å². The summed E-state index contributed by atoms with van der Waals surface area (Å²) >= 11 is 6.16. The highest BCUT2D eigenvalue weighted by atomic mass is 35.5. The van der Waals surface area contributed by atoms with Gasteiger partial charge in [-0.05, 0) is 67.7 Å². The van der Waals surface area contributed by atoms with Crippen molar-refractivity contribution >= 4 is 75.5 Å². The second kappa shape index (κ2) is 17.6. The molecule has 64 heavy (non-hydrogen) atoms. The van der Waals surface area contributed by atoms with Gasteiger partial charge in [0.05, 0.1) is 52.3 Å². The topological polar surface area (TPSA) is 210 Å². The Hall–Kier alpha value is -6.45. The fraction of sp³-hybridized carbons (Fsp3) is 0.405. The van der Waals surface area contributed by atoms with Crippen molar-refractivity contribution in [3.05, 3.63) is 86.1 Å². The number of piperazine rings is 1. The molecule has 3 N–H and O–H groups in total. The van der Waals surface area contributed by atoms with Crippen LogP contribution in [0.4, 0.5) is 30.2 Å². The largest absolute Gasteiger partial charge is 0.416 e. The molecule has 0 radical (unpaired) electrons. The van der Waals surface area contributed by atoms with Crippen LogP contribution in [0.5, 0.6) is 0 Å². The van der Waals surface area contributed by atoms with E-state index in [4.69, 9.17) is 16.3 Å². The Labute approximate surface area is 367 Å². The molecule has 0 aliphatic carbocycles. The number of halogens is 4. The molecule has 336 valence electrons. The molecule has 2 atom stereocenters. The van der Waals surface area contributed by atoms with E-state index in [0.29, 0.717) is 57.9 Å². The molecule has 18 nitrogen and oxygen atoms in total. The minimum atomic E-state index is -4.64. The first-order valence-corrected chi connectivity index (χ1v) is 21.1. The first-order valence-electron chi connectivity index (χ1n) is 20.7. The number of anilines is 3. The normalized spacial score (nSPS) is 18.8. The van der Waals surface area contributed by atoms with Gasteiger partial charge in [0.2, 0.25) is 29.4 Å². The summed E-state index contributed by atoms with van der Waals surface area (Å²) in [6, 6.07) is 5.15. The predicted octanol–water partition coefficient (Wildman–Crippen LogP) is 3.51. The van der Waals surface area contributed by atoms with Crippen LogP contribution in [0, 0.1) is 0 Å². The molecular weight excluding hydrogens is 865 g/mol. The van der Waals surface area contributed by atoms with Gasteiger partial charge in [-0.3, -0.25) is 48.7 Å². The van der Waals surface area contributed by atoms with Crippen LogP contribution in [-0.2, 0) is 43.1 Å². The Morgan fingerprint density at radius 1 is 0.969 bits per heavy atom. The minimum absolute atomic E-state index is 0.00715. The van der Waals surface area contributed by atoms with Crippen LogP contribution in [0.25, 0.3) is 11.4 Å². The molecule has 2 saturated heterocycles. The number of hydrogen-bond donors (Lipinski definition) is 3. The Kier molecular flexibility index (Phi) is 12.2. The van der Waals surface area contributed by atoms with Crippen molar-refractivity contribution in [2.75, 3.05) is 54.9 Å². The number of carbonyl (C=O) groups is 6. The molecule has 4 aliphatic rings. The van der Waals surface area contributed by atoms with Crippen LogP contribution in [0.2, 0.25) is 5.02 Å². The van der Waals surface area contributed by atoms with Crippen LogP contribution in [0.3, 0.4) is 0 Å². The summed E-state index contributed by atoms with van der Waals surface area (Å²) in [5, 5.41) is 11.9. The lowest BCUT2D eigenvalue weighted by atomic mass is 10.0. The number of aromatic nitrogens is 4. The zero-order chi connectivity index (χ0) is 45.6. The maximum atomic E-state index is 14.4. The number of nitrogens with one attached hydrogen (secondary N) is 3. The molecule has 0 saturated carbocycles. The first kappa shape index (κ1) is 44.2. The number of fused-ring (bicyclic) bond motifs is 2. The Bertz CT molecular complexity index is 2710. The maximum absolute atomic E-state index is 14.4. The average molecular weight is 907 g/mol. The number of nitrogens with zero attached hydrogens (tertiary/aromatic N) is 7. The second-order valence-corrected chi connectivity index (χ2v) is 16.0. The van der Waals surface area contributed by atoms with E-state index in [1.165, 1.54) is 18.2 Å². The van der Waals surface area contributed by atoms with Crippen molar-refractivity contribution in [3.63, 3.8) is 0 Å². The Morgan fingerprint density at radius 2 is 1.72 bits per heavy atom. The summed E-state index contributed by atoms with van der Waals surface area (Å²) in [4.78, 5) is 102. The predicted molar refractivity (Wildman–Crippen MR) is 225 cm³/mol. The SMILES string of the molecule is CCc1c(N2CCN(C(CC)C(=O)Nc3ccc4c(c3)C(=O)N(C3CCC(=O)NC3=O)C4=O)CC2)c(=O)n2nc(C3=CCOCC3)nc2n1CC(=O)Nc1ccc(C(F)(F)F)cc1Cl. The molecule has 8 rings (SSSR count). The molecule has 2 aromatic heterocycles. The molecular formula is C42H42ClF3N10O8. The van der Waals surface area contributed by atoms with Gasteiger partial charge in [-0.15, -0.1) is 5.10 Å². The number of benzene rings is 2. The second-order valence-electron chi connectivity index (χ2n) is 15.6. The van der Waals surface area contributed by atoms with E-state index >= 15 is 0 Å². The average Bonchev–Trinajstić information content (AvgIpc) is 3.82. The molecule has 0 spiro atoms. The van der Waals surface area contributed by atoms with E-state index in [0.717, 1.165) is 33.2 Å². The van der Waals surface area contributed by atoms with Gasteiger partial charge in [-0.25, -0.2) is 0 Å². The number of amides is 6. The lowest BCUT2D eigenvalue weighted by Crippen LogP contribution is -2.54. The standard InChI is InChI=1S/C42H42ClF3N10O8/c1-3-29-34(40(63)56-41(50-35(51-56)22-11-17-64-18-12-22)54(29)21-33(58)48-28-8-5-23(19-27(28)43)42(44,45)46)53-15-13-52(14-16-53)30(4-2)36(59)47-24-6-7-25-26(20-24)39(62)55(38(25)61)31-9-10-32(57)49-37(31)60/h5-8,11,19-20,30-31H,3-4,9-10,12-18,21H2,1-2H3,(H,47,59)(H,48,58)(H,49,57,60). The van der Waals surface area contributed by atoms with Gasteiger partial charge in [0, 0.05) is 38.3 Å².